The highest BCUT2D eigenvalue weighted by atomic mass is 32.2. The van der Waals surface area contributed by atoms with Gasteiger partial charge in [-0.05, 0) is 25.3 Å². The Morgan fingerprint density at radius 3 is 2.53 bits per heavy atom. The molecule has 9 nitrogen and oxygen atoms in total. The number of unbranched alkanes of at least 4 members (excludes halogenated alkanes) is 1. The van der Waals surface area contributed by atoms with E-state index < -0.39 is 0 Å². The molecule has 4 atom stereocenters. The second-order valence-corrected chi connectivity index (χ2v) is 12.4. The number of hydrogen-bond acceptors (Lipinski definition) is 8. The first-order valence-corrected chi connectivity index (χ1v) is 15.4. The Balaban J connectivity index is 1.08. The number of carbonyl (C=O) groups excluding carboxylic acids is 3. The summed E-state index contributed by atoms with van der Waals surface area (Å²) in [6.45, 7) is 4.39. The van der Waals surface area contributed by atoms with Crippen molar-refractivity contribution < 1.29 is 23.9 Å². The lowest BCUT2D eigenvalue weighted by atomic mass is 10.0. The van der Waals surface area contributed by atoms with Crippen LogP contribution in [0.1, 0.15) is 38.2 Å². The largest absolute Gasteiger partial charge is 0.377 e. The lowest BCUT2D eigenvalue weighted by molar-refractivity contribution is -0.122. The molecule has 2 saturated heterocycles. The Morgan fingerprint density at radius 1 is 1.08 bits per heavy atom. The molecule has 0 aliphatic carbocycles. The van der Waals surface area contributed by atoms with Gasteiger partial charge in [0, 0.05) is 30.5 Å². The fourth-order valence-electron chi connectivity index (χ4n) is 4.19. The predicted molar refractivity (Wildman–Crippen MR) is 157 cm³/mol. The summed E-state index contributed by atoms with van der Waals surface area (Å²) in [6, 6.07) is 10.1. The van der Waals surface area contributed by atoms with E-state index in [0.717, 1.165) is 30.6 Å². The molecule has 2 aliphatic rings. The summed E-state index contributed by atoms with van der Waals surface area (Å²) in [4.78, 5) is 35.7. The minimum atomic E-state index is -0.283. The molecule has 2 aliphatic heterocycles. The average molecular weight is 583 g/mol. The van der Waals surface area contributed by atoms with Gasteiger partial charge in [-0.2, -0.15) is 11.8 Å². The van der Waals surface area contributed by atoms with Crippen LogP contribution in [0.3, 0.4) is 0 Å². The number of thioether (sulfide) groups is 2. The molecule has 0 saturated carbocycles. The summed E-state index contributed by atoms with van der Waals surface area (Å²) in [5.74, 6) is 0.916. The standard InChI is InChI=1S/C26H38N4O5S3/c1-18(38-25(36)19-7-3-2-4-8-19)24(32)28-12-14-35-16-15-34-13-11-27-22(31)10-6-5-9-21-23-20(17-37-21)29-26(33)30-23/h2-4,7-8,18,20-21,23H,5-6,9-17H2,1H3,(H,27,31)(H,28,32)(H2,29,30,33). The smallest absolute Gasteiger partial charge is 0.315 e. The van der Waals surface area contributed by atoms with Gasteiger partial charge < -0.3 is 30.7 Å². The predicted octanol–water partition coefficient (Wildman–Crippen LogP) is 2.48. The van der Waals surface area contributed by atoms with E-state index in [1.165, 1.54) is 11.8 Å². The number of ether oxygens (including phenoxy) is 2. The van der Waals surface area contributed by atoms with Crippen molar-refractivity contribution in [1.82, 2.24) is 21.3 Å². The van der Waals surface area contributed by atoms with Crippen molar-refractivity contribution in [3.8, 4) is 0 Å². The van der Waals surface area contributed by atoms with Crippen molar-refractivity contribution in [3.05, 3.63) is 35.9 Å². The first kappa shape index (κ1) is 30.7. The number of nitrogens with one attached hydrogen (secondary N) is 4. The number of rotatable bonds is 17. The lowest BCUT2D eigenvalue weighted by Crippen LogP contribution is -2.36. The molecule has 12 heteroatoms. The zero-order valence-electron chi connectivity index (χ0n) is 21.7. The topological polar surface area (TPSA) is 118 Å². The lowest BCUT2D eigenvalue weighted by Gasteiger charge is -2.16. The maximum absolute atomic E-state index is 12.2. The van der Waals surface area contributed by atoms with Crippen LogP contribution in [0.2, 0.25) is 0 Å². The zero-order chi connectivity index (χ0) is 27.2. The van der Waals surface area contributed by atoms with Crippen LogP contribution in [0.5, 0.6) is 0 Å². The number of hydrogen-bond donors (Lipinski definition) is 4. The van der Waals surface area contributed by atoms with Crippen LogP contribution in [-0.4, -0.2) is 89.9 Å². The second kappa shape index (κ2) is 17.0. The number of urea groups is 1. The third-order valence-electron chi connectivity index (χ3n) is 6.23. The molecular weight excluding hydrogens is 545 g/mol. The van der Waals surface area contributed by atoms with Crippen LogP contribution in [0, 0.1) is 0 Å². The van der Waals surface area contributed by atoms with Gasteiger partial charge in [-0.25, -0.2) is 4.79 Å². The van der Waals surface area contributed by atoms with Gasteiger partial charge in [-0.15, -0.1) is 11.8 Å². The Labute approximate surface area is 238 Å². The van der Waals surface area contributed by atoms with E-state index in [0.29, 0.717) is 55.4 Å². The molecule has 4 N–H and O–H groups in total. The van der Waals surface area contributed by atoms with Gasteiger partial charge in [0.15, 0.2) is 0 Å². The number of amides is 4. The molecule has 0 bridgehead atoms. The van der Waals surface area contributed by atoms with E-state index in [4.69, 9.17) is 21.7 Å². The third-order valence-corrected chi connectivity index (χ3v) is 9.28. The van der Waals surface area contributed by atoms with Gasteiger partial charge >= 0.3 is 6.03 Å². The molecule has 2 fully saturated rings. The first-order valence-electron chi connectivity index (χ1n) is 13.1. The van der Waals surface area contributed by atoms with E-state index in [-0.39, 0.29) is 35.2 Å². The molecule has 1 aromatic rings. The number of benzene rings is 1. The molecule has 0 spiro atoms. The number of carbonyl (C=O) groups is 3. The molecule has 1 aromatic carbocycles. The average Bonchev–Trinajstić information content (AvgIpc) is 3.47. The highest BCUT2D eigenvalue weighted by Crippen LogP contribution is 2.33. The van der Waals surface area contributed by atoms with Crippen molar-refractivity contribution in [2.75, 3.05) is 45.3 Å². The third kappa shape index (κ3) is 10.7. The van der Waals surface area contributed by atoms with Gasteiger partial charge in [-0.3, -0.25) is 9.59 Å². The summed E-state index contributed by atoms with van der Waals surface area (Å²) < 4.78 is 11.7. The van der Waals surface area contributed by atoms with Crippen LogP contribution in [0.25, 0.3) is 0 Å². The molecule has 38 heavy (non-hydrogen) atoms. The van der Waals surface area contributed by atoms with Crippen molar-refractivity contribution in [1.29, 1.82) is 0 Å². The molecule has 3 rings (SSSR count). The Morgan fingerprint density at radius 2 is 1.79 bits per heavy atom. The second-order valence-electron chi connectivity index (χ2n) is 9.15. The van der Waals surface area contributed by atoms with Crippen LogP contribution in [0.15, 0.2) is 30.3 Å². The first-order chi connectivity index (χ1) is 18.4. The number of thiocarbonyl (C=S) groups is 1. The monoisotopic (exact) mass is 582 g/mol. The van der Waals surface area contributed by atoms with E-state index in [2.05, 4.69) is 21.3 Å². The molecule has 4 amide bonds. The zero-order valence-corrected chi connectivity index (χ0v) is 24.2. The SMILES string of the molecule is CC(SC(=S)c1ccccc1)C(=O)NCCOCCOCCNC(=O)CCCCC1SCC2NC(=O)NC21. The van der Waals surface area contributed by atoms with Gasteiger partial charge in [0.05, 0.1) is 48.0 Å². The van der Waals surface area contributed by atoms with Crippen LogP contribution >= 0.6 is 35.7 Å². The van der Waals surface area contributed by atoms with Gasteiger partial charge in [-0.1, -0.05) is 49.0 Å². The van der Waals surface area contributed by atoms with Crippen molar-refractivity contribution in [2.24, 2.45) is 0 Å². The van der Waals surface area contributed by atoms with Crippen molar-refractivity contribution >= 4 is 57.8 Å². The quantitative estimate of drug-likeness (QED) is 0.126. The van der Waals surface area contributed by atoms with Crippen LogP contribution in [0.4, 0.5) is 4.79 Å². The summed E-state index contributed by atoms with van der Waals surface area (Å²) in [5.41, 5.74) is 0.946. The Hall–Kier alpha value is -1.86. The Bertz CT molecular complexity index is 923. The summed E-state index contributed by atoms with van der Waals surface area (Å²) in [5, 5.41) is 11.8. The van der Waals surface area contributed by atoms with Gasteiger partial charge in [0.25, 0.3) is 0 Å². The van der Waals surface area contributed by atoms with Gasteiger partial charge in [0.2, 0.25) is 11.8 Å². The van der Waals surface area contributed by atoms with Crippen LogP contribution in [-0.2, 0) is 19.1 Å². The van der Waals surface area contributed by atoms with E-state index >= 15 is 0 Å². The minimum absolute atomic E-state index is 0.0327. The maximum atomic E-state index is 12.2. The number of fused-ring (bicyclic) bond motifs is 1. The van der Waals surface area contributed by atoms with Crippen molar-refractivity contribution in [3.63, 3.8) is 0 Å². The highest BCUT2D eigenvalue weighted by Gasteiger charge is 2.42. The van der Waals surface area contributed by atoms with Gasteiger partial charge in [0.1, 0.15) is 0 Å². The van der Waals surface area contributed by atoms with Crippen molar-refractivity contribution in [2.45, 2.75) is 55.2 Å². The fraction of sp³-hybridized carbons (Fsp3) is 0.615. The highest BCUT2D eigenvalue weighted by molar-refractivity contribution is 8.24. The molecule has 210 valence electrons. The Kier molecular flexibility index (Phi) is 13.7. The van der Waals surface area contributed by atoms with E-state index in [1.54, 1.807) is 0 Å². The molecule has 0 aromatic heterocycles. The molecule has 4 unspecified atom stereocenters. The molecule has 2 heterocycles. The molecular formula is C26H38N4O5S3. The van der Waals surface area contributed by atoms with E-state index in [9.17, 15) is 14.4 Å². The summed E-state index contributed by atoms with van der Waals surface area (Å²) >= 11 is 8.68. The maximum Gasteiger partial charge on any atom is 0.315 e. The summed E-state index contributed by atoms with van der Waals surface area (Å²) in [6.07, 6.45) is 3.32. The normalized spacial score (nSPS) is 20.8. The van der Waals surface area contributed by atoms with E-state index in [1.807, 2.05) is 49.0 Å². The molecule has 0 radical (unpaired) electrons. The van der Waals surface area contributed by atoms with Crippen LogP contribution < -0.4 is 21.3 Å². The minimum Gasteiger partial charge on any atom is -0.377 e. The summed E-state index contributed by atoms with van der Waals surface area (Å²) in [7, 11) is 0. The fourth-order valence-corrected chi connectivity index (χ4v) is 7.09.